The fraction of sp³-hybridized carbons (Fsp3) is 0.167. The van der Waals surface area contributed by atoms with E-state index in [1.807, 2.05) is 36.4 Å². The average Bonchev–Trinajstić information content (AvgIpc) is 3.12. The first-order chi connectivity index (χ1) is 14.2. The van der Waals surface area contributed by atoms with Crippen LogP contribution in [0, 0.1) is 5.82 Å². The van der Waals surface area contributed by atoms with Gasteiger partial charge in [-0.25, -0.2) is 9.18 Å². The molecule has 1 unspecified atom stereocenters. The van der Waals surface area contributed by atoms with Crippen molar-refractivity contribution < 1.29 is 13.9 Å². The van der Waals surface area contributed by atoms with Crippen molar-refractivity contribution in [3.8, 4) is 11.1 Å². The van der Waals surface area contributed by atoms with E-state index in [9.17, 15) is 9.18 Å². The smallest absolute Gasteiger partial charge is 0.410 e. The van der Waals surface area contributed by atoms with Crippen molar-refractivity contribution in [2.75, 3.05) is 6.61 Å². The highest BCUT2D eigenvalue weighted by atomic mass is 19.1. The number of hydrogen-bond acceptors (Lipinski definition) is 3. The van der Waals surface area contributed by atoms with Crippen molar-refractivity contribution in [3.05, 3.63) is 95.6 Å². The minimum absolute atomic E-state index is 0.000201. The molecular weight excluding hydrogens is 367 g/mol. The third-order valence-electron chi connectivity index (χ3n) is 5.60. The van der Waals surface area contributed by atoms with Gasteiger partial charge in [-0.3, -0.25) is 9.88 Å². The van der Waals surface area contributed by atoms with E-state index in [2.05, 4.69) is 23.2 Å². The normalized spacial score (nSPS) is 20.4. The summed E-state index contributed by atoms with van der Waals surface area (Å²) in [6, 6.07) is 18.5. The van der Waals surface area contributed by atoms with Crippen LogP contribution in [0.2, 0.25) is 0 Å². The molecule has 0 spiro atoms. The molecule has 1 amide bonds. The van der Waals surface area contributed by atoms with Crippen LogP contribution in [0.1, 0.15) is 22.7 Å². The molecule has 5 rings (SSSR count). The average molecular weight is 386 g/mol. The lowest BCUT2D eigenvalue weighted by molar-refractivity contribution is 0.154. The Labute approximate surface area is 168 Å². The SMILES string of the molecule is O=C1OC[C@@H]2C(C=Cc3ccc(-c4cccc(F)c4)cn3)c3ccccc3CN12. The highest BCUT2D eigenvalue weighted by molar-refractivity contribution is 5.72. The van der Waals surface area contributed by atoms with E-state index < -0.39 is 0 Å². The van der Waals surface area contributed by atoms with Gasteiger partial charge in [0.25, 0.3) is 0 Å². The Morgan fingerprint density at radius 1 is 1.07 bits per heavy atom. The van der Waals surface area contributed by atoms with Crippen LogP contribution in [0.25, 0.3) is 17.2 Å². The lowest BCUT2D eigenvalue weighted by atomic mass is 9.84. The number of ether oxygens (including phenoxy) is 1. The van der Waals surface area contributed by atoms with Crippen molar-refractivity contribution in [2.45, 2.75) is 18.5 Å². The molecule has 0 radical (unpaired) electrons. The number of pyridine rings is 1. The van der Waals surface area contributed by atoms with Gasteiger partial charge in [-0.2, -0.15) is 0 Å². The van der Waals surface area contributed by atoms with Crippen LogP contribution in [0.15, 0.2) is 72.9 Å². The second kappa shape index (κ2) is 7.17. The summed E-state index contributed by atoms with van der Waals surface area (Å²) in [6.45, 7) is 0.985. The molecule has 0 saturated carbocycles. The molecule has 2 atom stereocenters. The summed E-state index contributed by atoms with van der Waals surface area (Å²) in [4.78, 5) is 18.4. The molecule has 4 nitrogen and oxygen atoms in total. The van der Waals surface area contributed by atoms with Gasteiger partial charge in [-0.05, 0) is 41.0 Å². The minimum Gasteiger partial charge on any atom is -0.447 e. The van der Waals surface area contributed by atoms with Crippen LogP contribution in [-0.2, 0) is 11.3 Å². The third-order valence-corrected chi connectivity index (χ3v) is 5.60. The van der Waals surface area contributed by atoms with Crippen LogP contribution in [0.3, 0.4) is 0 Å². The molecule has 0 N–H and O–H groups in total. The molecule has 2 aliphatic rings. The summed E-state index contributed by atoms with van der Waals surface area (Å²) < 4.78 is 18.7. The number of fused-ring (bicyclic) bond motifs is 2. The second-order valence-corrected chi connectivity index (χ2v) is 7.34. The van der Waals surface area contributed by atoms with E-state index in [1.165, 1.54) is 17.7 Å². The first kappa shape index (κ1) is 17.6. The van der Waals surface area contributed by atoms with Gasteiger partial charge < -0.3 is 4.74 Å². The summed E-state index contributed by atoms with van der Waals surface area (Å²) in [5, 5.41) is 0. The third kappa shape index (κ3) is 3.29. The minimum atomic E-state index is -0.264. The van der Waals surface area contributed by atoms with Crippen LogP contribution >= 0.6 is 0 Å². The Hall–Kier alpha value is -3.47. The Balaban J connectivity index is 1.42. The Morgan fingerprint density at radius 3 is 2.79 bits per heavy atom. The summed E-state index contributed by atoms with van der Waals surface area (Å²) in [6.07, 6.45) is 5.57. The van der Waals surface area contributed by atoms with E-state index >= 15 is 0 Å². The molecule has 5 heteroatoms. The Bertz CT molecular complexity index is 1090. The maximum atomic E-state index is 13.4. The van der Waals surface area contributed by atoms with Gasteiger partial charge in [-0.1, -0.05) is 48.5 Å². The second-order valence-electron chi connectivity index (χ2n) is 7.34. The number of amides is 1. The first-order valence-corrected chi connectivity index (χ1v) is 9.60. The summed E-state index contributed by atoms with van der Waals surface area (Å²) in [5.41, 5.74) is 4.84. The first-order valence-electron chi connectivity index (χ1n) is 9.60. The number of nitrogens with zero attached hydrogens (tertiary/aromatic N) is 2. The summed E-state index contributed by atoms with van der Waals surface area (Å²) in [7, 11) is 0. The van der Waals surface area contributed by atoms with Gasteiger partial charge in [-0.15, -0.1) is 0 Å². The lowest BCUT2D eigenvalue weighted by Gasteiger charge is -2.34. The number of halogens is 1. The van der Waals surface area contributed by atoms with Crippen molar-refractivity contribution in [3.63, 3.8) is 0 Å². The van der Waals surface area contributed by atoms with Crippen molar-refractivity contribution in [1.29, 1.82) is 0 Å². The molecule has 0 bridgehead atoms. The maximum Gasteiger partial charge on any atom is 0.410 e. The van der Waals surface area contributed by atoms with Gasteiger partial charge in [0.1, 0.15) is 12.4 Å². The maximum absolute atomic E-state index is 13.4. The van der Waals surface area contributed by atoms with Crippen LogP contribution in [0.5, 0.6) is 0 Å². The molecule has 1 saturated heterocycles. The zero-order chi connectivity index (χ0) is 19.8. The molecule has 1 aromatic heterocycles. The van der Waals surface area contributed by atoms with E-state index in [0.717, 1.165) is 22.4 Å². The zero-order valence-electron chi connectivity index (χ0n) is 15.7. The zero-order valence-corrected chi connectivity index (χ0v) is 15.7. The monoisotopic (exact) mass is 386 g/mol. The number of rotatable bonds is 3. The topological polar surface area (TPSA) is 42.4 Å². The fourth-order valence-corrected chi connectivity index (χ4v) is 4.12. The molecule has 3 heterocycles. The molecular formula is C24H19FN2O2. The van der Waals surface area contributed by atoms with Crippen molar-refractivity contribution in [1.82, 2.24) is 9.88 Å². The molecule has 1 fully saturated rings. The standard InChI is InChI=1S/C24H19FN2O2/c25-19-6-3-5-16(12-19)17-8-9-20(26-13-17)10-11-22-21-7-2-1-4-18(21)14-27-23(22)15-29-24(27)28/h1-13,22-23H,14-15H2/t22?,23-/m1/s1. The molecule has 2 aliphatic heterocycles. The number of carbonyl (C=O) groups is 1. The lowest BCUT2D eigenvalue weighted by Crippen LogP contribution is -2.41. The highest BCUT2D eigenvalue weighted by Crippen LogP contribution is 2.37. The summed E-state index contributed by atoms with van der Waals surface area (Å²) >= 11 is 0. The van der Waals surface area contributed by atoms with Gasteiger partial charge in [0, 0.05) is 24.2 Å². The predicted octanol–water partition coefficient (Wildman–Crippen LogP) is 5.02. The van der Waals surface area contributed by atoms with E-state index in [1.54, 1.807) is 17.2 Å². The Morgan fingerprint density at radius 2 is 1.97 bits per heavy atom. The predicted molar refractivity (Wildman–Crippen MR) is 109 cm³/mol. The number of carbonyl (C=O) groups excluding carboxylic acids is 1. The van der Waals surface area contributed by atoms with Gasteiger partial charge in [0.05, 0.1) is 11.7 Å². The molecule has 3 aromatic rings. The van der Waals surface area contributed by atoms with Crippen molar-refractivity contribution in [2.24, 2.45) is 0 Å². The number of cyclic esters (lactones) is 1. The molecule has 2 aromatic carbocycles. The van der Waals surface area contributed by atoms with Crippen LogP contribution in [0.4, 0.5) is 9.18 Å². The van der Waals surface area contributed by atoms with E-state index in [0.29, 0.717) is 13.2 Å². The largest absolute Gasteiger partial charge is 0.447 e. The number of benzene rings is 2. The Kier molecular flexibility index (Phi) is 4.35. The van der Waals surface area contributed by atoms with Crippen molar-refractivity contribution >= 4 is 12.2 Å². The quantitative estimate of drug-likeness (QED) is 0.635. The van der Waals surface area contributed by atoms with E-state index in [4.69, 9.17) is 4.74 Å². The summed E-state index contributed by atoms with van der Waals surface area (Å²) in [5.74, 6) is -0.212. The van der Waals surface area contributed by atoms with E-state index in [-0.39, 0.29) is 23.9 Å². The van der Waals surface area contributed by atoms with Crippen LogP contribution in [-0.4, -0.2) is 28.6 Å². The molecule has 144 valence electrons. The molecule has 29 heavy (non-hydrogen) atoms. The van der Waals surface area contributed by atoms with Gasteiger partial charge in [0.15, 0.2) is 0 Å². The highest BCUT2D eigenvalue weighted by Gasteiger charge is 2.42. The number of aromatic nitrogens is 1. The van der Waals surface area contributed by atoms with Crippen LogP contribution < -0.4 is 0 Å². The number of hydrogen-bond donors (Lipinski definition) is 0. The fourth-order valence-electron chi connectivity index (χ4n) is 4.12. The molecule has 0 aliphatic carbocycles. The van der Waals surface area contributed by atoms with Gasteiger partial charge >= 0.3 is 6.09 Å². The van der Waals surface area contributed by atoms with Gasteiger partial charge in [0.2, 0.25) is 0 Å².